The third kappa shape index (κ3) is 1.58. The number of hydrogen-bond acceptors (Lipinski definition) is 1. The van der Waals surface area contributed by atoms with Gasteiger partial charge in [-0.1, -0.05) is 6.07 Å². The molecule has 1 aromatic heterocycles. The number of carbonyl (C=O) groups excluding carboxylic acids is 1. The molecule has 0 bridgehead atoms. The molecule has 0 saturated heterocycles. The van der Waals surface area contributed by atoms with Gasteiger partial charge in [-0.3, -0.25) is 4.79 Å². The lowest BCUT2D eigenvalue weighted by molar-refractivity contribution is 0.0935. The topological polar surface area (TPSA) is 44.9 Å². The van der Waals surface area contributed by atoms with Crippen LogP contribution in [0.4, 0.5) is 0 Å². The fraction of sp³-hybridized carbons (Fsp3) is 0.308. The van der Waals surface area contributed by atoms with Crippen LogP contribution in [0.5, 0.6) is 0 Å². The second-order valence-electron chi connectivity index (χ2n) is 4.79. The van der Waals surface area contributed by atoms with E-state index in [1.165, 1.54) is 0 Å². The Balaban J connectivity index is 1.89. The summed E-state index contributed by atoms with van der Waals surface area (Å²) >= 11 is 0. The summed E-state index contributed by atoms with van der Waals surface area (Å²) in [5, 5.41) is 4.18. The summed E-state index contributed by atoms with van der Waals surface area (Å²) < 4.78 is 0. The zero-order valence-corrected chi connectivity index (χ0v) is 9.21. The van der Waals surface area contributed by atoms with Gasteiger partial charge < -0.3 is 10.3 Å². The van der Waals surface area contributed by atoms with Crippen molar-refractivity contribution in [3.8, 4) is 0 Å². The standard InChI is InChI=1S/C13H14N2O/c1-13(5-6-13)15-12(16)10-3-2-9-4-7-14-11(9)8-10/h2-4,7-8,14H,5-6H2,1H3,(H,15,16). The lowest BCUT2D eigenvalue weighted by atomic mass is 10.1. The highest BCUT2D eigenvalue weighted by Crippen LogP contribution is 2.34. The average molecular weight is 214 g/mol. The Morgan fingerprint density at radius 1 is 1.38 bits per heavy atom. The zero-order valence-electron chi connectivity index (χ0n) is 9.21. The Hall–Kier alpha value is -1.77. The SMILES string of the molecule is CC1(NC(=O)c2ccc3cc[nH]c3c2)CC1. The van der Waals surface area contributed by atoms with Crippen molar-refractivity contribution in [3.05, 3.63) is 36.0 Å². The molecule has 1 aromatic carbocycles. The molecular weight excluding hydrogens is 200 g/mol. The third-order valence-electron chi connectivity index (χ3n) is 3.23. The minimum Gasteiger partial charge on any atom is -0.361 e. The highest BCUT2D eigenvalue weighted by atomic mass is 16.1. The van der Waals surface area contributed by atoms with E-state index < -0.39 is 0 Å². The van der Waals surface area contributed by atoms with Gasteiger partial charge >= 0.3 is 0 Å². The molecule has 1 heterocycles. The summed E-state index contributed by atoms with van der Waals surface area (Å²) in [6.45, 7) is 2.08. The molecule has 2 aromatic rings. The zero-order chi connectivity index (χ0) is 11.2. The van der Waals surface area contributed by atoms with Crippen molar-refractivity contribution >= 4 is 16.8 Å². The lowest BCUT2D eigenvalue weighted by Gasteiger charge is -2.11. The van der Waals surface area contributed by atoms with Crippen LogP contribution in [0.25, 0.3) is 10.9 Å². The van der Waals surface area contributed by atoms with Crippen LogP contribution in [0.1, 0.15) is 30.1 Å². The van der Waals surface area contributed by atoms with Crippen LogP contribution in [0.2, 0.25) is 0 Å². The maximum atomic E-state index is 11.9. The summed E-state index contributed by atoms with van der Waals surface area (Å²) in [6, 6.07) is 7.74. The normalized spacial score (nSPS) is 17.3. The monoisotopic (exact) mass is 214 g/mol. The molecule has 1 aliphatic rings. The van der Waals surface area contributed by atoms with Crippen LogP contribution in [0, 0.1) is 0 Å². The summed E-state index contributed by atoms with van der Waals surface area (Å²) in [5.74, 6) is 0.0245. The number of aromatic amines is 1. The van der Waals surface area contributed by atoms with Gasteiger partial charge in [0.25, 0.3) is 5.91 Å². The first-order chi connectivity index (χ1) is 7.66. The van der Waals surface area contributed by atoms with Crippen molar-refractivity contribution < 1.29 is 4.79 Å². The molecular formula is C13H14N2O. The van der Waals surface area contributed by atoms with Gasteiger partial charge in [-0.2, -0.15) is 0 Å². The van der Waals surface area contributed by atoms with E-state index in [4.69, 9.17) is 0 Å². The Bertz CT molecular complexity index is 552. The van der Waals surface area contributed by atoms with Gasteiger partial charge in [0, 0.05) is 22.8 Å². The largest absolute Gasteiger partial charge is 0.361 e. The molecule has 3 heteroatoms. The molecule has 1 saturated carbocycles. The number of amides is 1. The van der Waals surface area contributed by atoms with Crippen LogP contribution in [-0.2, 0) is 0 Å². The molecule has 82 valence electrons. The molecule has 0 aliphatic heterocycles. The van der Waals surface area contributed by atoms with E-state index in [0.29, 0.717) is 0 Å². The highest BCUT2D eigenvalue weighted by molar-refractivity contribution is 5.98. The molecule has 3 nitrogen and oxygen atoms in total. The third-order valence-corrected chi connectivity index (χ3v) is 3.23. The first kappa shape index (κ1) is 9.46. The molecule has 0 atom stereocenters. The number of fused-ring (bicyclic) bond motifs is 1. The molecule has 3 rings (SSSR count). The smallest absolute Gasteiger partial charge is 0.251 e. The van der Waals surface area contributed by atoms with Crippen molar-refractivity contribution in [2.45, 2.75) is 25.3 Å². The number of benzene rings is 1. The lowest BCUT2D eigenvalue weighted by Crippen LogP contribution is -2.34. The fourth-order valence-electron chi connectivity index (χ4n) is 1.85. The predicted octanol–water partition coefficient (Wildman–Crippen LogP) is 2.45. The van der Waals surface area contributed by atoms with Crippen molar-refractivity contribution in [3.63, 3.8) is 0 Å². The molecule has 0 unspecified atom stereocenters. The van der Waals surface area contributed by atoms with Gasteiger partial charge in [-0.05, 0) is 43.4 Å². The number of carbonyl (C=O) groups is 1. The van der Waals surface area contributed by atoms with E-state index in [2.05, 4.69) is 17.2 Å². The predicted molar refractivity (Wildman–Crippen MR) is 63.4 cm³/mol. The molecule has 1 aliphatic carbocycles. The maximum Gasteiger partial charge on any atom is 0.251 e. The number of hydrogen-bond donors (Lipinski definition) is 2. The summed E-state index contributed by atoms with van der Waals surface area (Å²) in [7, 11) is 0. The first-order valence-corrected chi connectivity index (χ1v) is 5.56. The Labute approximate surface area is 93.9 Å². The van der Waals surface area contributed by atoms with Crippen LogP contribution < -0.4 is 5.32 Å². The van der Waals surface area contributed by atoms with E-state index >= 15 is 0 Å². The number of rotatable bonds is 2. The molecule has 1 fully saturated rings. The molecule has 1 amide bonds. The summed E-state index contributed by atoms with van der Waals surface area (Å²) in [4.78, 5) is 15.1. The van der Waals surface area contributed by atoms with Crippen molar-refractivity contribution in [2.24, 2.45) is 0 Å². The van der Waals surface area contributed by atoms with E-state index in [1.807, 2.05) is 30.5 Å². The Morgan fingerprint density at radius 2 is 2.19 bits per heavy atom. The van der Waals surface area contributed by atoms with Gasteiger partial charge in [-0.15, -0.1) is 0 Å². The Kier molecular flexibility index (Phi) is 1.84. The molecule has 0 spiro atoms. The summed E-state index contributed by atoms with van der Waals surface area (Å²) in [6.07, 6.45) is 4.06. The van der Waals surface area contributed by atoms with Gasteiger partial charge in [0.1, 0.15) is 0 Å². The van der Waals surface area contributed by atoms with E-state index in [9.17, 15) is 4.79 Å². The van der Waals surface area contributed by atoms with E-state index in [-0.39, 0.29) is 11.4 Å². The number of aromatic nitrogens is 1. The van der Waals surface area contributed by atoms with Crippen molar-refractivity contribution in [1.82, 2.24) is 10.3 Å². The van der Waals surface area contributed by atoms with Gasteiger partial charge in [0.15, 0.2) is 0 Å². The minimum absolute atomic E-state index is 0.0245. The minimum atomic E-state index is 0.0245. The van der Waals surface area contributed by atoms with Gasteiger partial charge in [0.2, 0.25) is 0 Å². The summed E-state index contributed by atoms with van der Waals surface area (Å²) in [5.41, 5.74) is 1.78. The second kappa shape index (κ2) is 3.11. The van der Waals surface area contributed by atoms with Crippen LogP contribution in [0.3, 0.4) is 0 Å². The van der Waals surface area contributed by atoms with Crippen molar-refractivity contribution in [2.75, 3.05) is 0 Å². The van der Waals surface area contributed by atoms with Crippen molar-refractivity contribution in [1.29, 1.82) is 0 Å². The van der Waals surface area contributed by atoms with Gasteiger partial charge in [0.05, 0.1) is 0 Å². The quantitative estimate of drug-likeness (QED) is 0.792. The highest BCUT2D eigenvalue weighted by Gasteiger charge is 2.38. The number of H-pyrrole nitrogens is 1. The first-order valence-electron chi connectivity index (χ1n) is 5.56. The molecule has 0 radical (unpaired) electrons. The molecule has 2 N–H and O–H groups in total. The fourth-order valence-corrected chi connectivity index (χ4v) is 1.85. The van der Waals surface area contributed by atoms with Crippen LogP contribution in [-0.4, -0.2) is 16.4 Å². The average Bonchev–Trinajstić information content (AvgIpc) is 2.82. The van der Waals surface area contributed by atoms with E-state index in [1.54, 1.807) is 0 Å². The van der Waals surface area contributed by atoms with Crippen LogP contribution >= 0.6 is 0 Å². The van der Waals surface area contributed by atoms with Gasteiger partial charge in [-0.25, -0.2) is 0 Å². The second-order valence-corrected chi connectivity index (χ2v) is 4.79. The van der Waals surface area contributed by atoms with E-state index in [0.717, 1.165) is 29.3 Å². The number of nitrogens with one attached hydrogen (secondary N) is 2. The molecule has 16 heavy (non-hydrogen) atoms. The maximum absolute atomic E-state index is 11.9. The van der Waals surface area contributed by atoms with Crippen LogP contribution in [0.15, 0.2) is 30.5 Å². The Morgan fingerprint density at radius 3 is 2.94 bits per heavy atom.